The average molecular weight is 226 g/mol. The molecule has 15 heavy (non-hydrogen) atoms. The molecule has 4 N–H and O–H groups in total. The molecule has 0 bridgehead atoms. The number of hydrogen-bond donors (Lipinski definition) is 3. The molecule has 0 aliphatic heterocycles. The van der Waals surface area contributed by atoms with E-state index in [-0.39, 0.29) is 0 Å². The zero-order valence-corrected chi connectivity index (χ0v) is 11.6. The van der Waals surface area contributed by atoms with Gasteiger partial charge in [0.15, 0.2) is 0 Å². The number of nitrogens with zero attached hydrogens (tertiary/aromatic N) is 1. The van der Waals surface area contributed by atoms with E-state index < -0.39 is 6.55 Å². The van der Waals surface area contributed by atoms with Crippen LogP contribution in [-0.2, 0) is 0 Å². The van der Waals surface area contributed by atoms with Gasteiger partial charge < -0.3 is 21.3 Å². The SMILES string of the molecule is CN.CN(C)C.CNC.CNC.[3H]C([B])F. The van der Waals surface area contributed by atoms with Crippen molar-refractivity contribution in [2.75, 3.05) is 62.9 Å². The van der Waals surface area contributed by atoms with Crippen LogP contribution in [0.1, 0.15) is 1.37 Å². The Morgan fingerprint density at radius 1 is 1.13 bits per heavy atom. The number of hydrogen-bond acceptors (Lipinski definition) is 4. The monoisotopic (exact) mass is 226 g/mol. The van der Waals surface area contributed by atoms with Crippen LogP contribution in [0.3, 0.4) is 0 Å². The van der Waals surface area contributed by atoms with Crippen molar-refractivity contribution in [1.29, 1.82) is 0 Å². The Morgan fingerprint density at radius 2 is 1.13 bits per heavy atom. The molecule has 96 valence electrons. The number of nitrogens with one attached hydrogen (secondary N) is 2. The highest BCUT2D eigenvalue weighted by Gasteiger charge is 1.58. The van der Waals surface area contributed by atoms with Crippen molar-refractivity contribution in [1.82, 2.24) is 15.5 Å². The molecule has 6 heteroatoms. The first-order chi connectivity index (χ1) is 7.29. The van der Waals surface area contributed by atoms with Crippen LogP contribution in [-0.4, -0.2) is 75.7 Å². The minimum Gasteiger partial charge on any atom is -0.333 e. The second kappa shape index (κ2) is 66.9. The Hall–Kier alpha value is -0.165. The molecule has 0 aromatic heterocycles. The number of alkyl halides is 1. The van der Waals surface area contributed by atoms with E-state index in [1.165, 1.54) is 7.05 Å². The van der Waals surface area contributed by atoms with Crippen LogP contribution in [0.4, 0.5) is 4.39 Å². The molecule has 0 spiro atoms. The predicted molar refractivity (Wildman–Crippen MR) is 71.4 cm³/mol. The molecule has 0 rings (SSSR count). The van der Waals surface area contributed by atoms with E-state index in [0.717, 1.165) is 0 Å². The van der Waals surface area contributed by atoms with Crippen molar-refractivity contribution < 1.29 is 5.76 Å². The molecule has 0 fully saturated rings. The third kappa shape index (κ3) is 71100. The van der Waals surface area contributed by atoms with Crippen LogP contribution in [0.5, 0.6) is 0 Å². The van der Waals surface area contributed by atoms with Gasteiger partial charge in [-0.05, 0) is 56.4 Å². The summed E-state index contributed by atoms with van der Waals surface area (Å²) in [6.07, 6.45) is 0. The highest BCUT2D eigenvalue weighted by atomic mass is 19.1. The molecule has 0 aliphatic rings. The molecule has 0 heterocycles. The van der Waals surface area contributed by atoms with Crippen LogP contribution >= 0.6 is 0 Å². The van der Waals surface area contributed by atoms with E-state index in [2.05, 4.69) is 24.2 Å². The van der Waals surface area contributed by atoms with E-state index in [1.807, 2.05) is 54.2 Å². The summed E-state index contributed by atoms with van der Waals surface area (Å²) in [6, 6.07) is 0. The van der Waals surface area contributed by atoms with Gasteiger partial charge in [0.2, 0.25) is 0 Å². The van der Waals surface area contributed by atoms with Crippen molar-refractivity contribution >= 4 is 7.85 Å². The molecular weight excluding hydrogens is 194 g/mol. The summed E-state index contributed by atoms with van der Waals surface area (Å²) in [4.78, 5) is 2.00. The molecular formula is C9H30BFN4. The summed E-state index contributed by atoms with van der Waals surface area (Å²) < 4.78 is 16.1. The normalized spacial score (nSPS) is 9.40. The van der Waals surface area contributed by atoms with Crippen molar-refractivity contribution in [3.05, 3.63) is 0 Å². The van der Waals surface area contributed by atoms with Crippen molar-refractivity contribution in [2.24, 2.45) is 5.73 Å². The van der Waals surface area contributed by atoms with Crippen LogP contribution in [0.25, 0.3) is 0 Å². The zero-order valence-electron chi connectivity index (χ0n) is 12.6. The van der Waals surface area contributed by atoms with E-state index in [4.69, 9.17) is 1.37 Å². The standard InChI is InChI=1S/C3H9N.2C2H7N.CH2BF.CH5N/c1-4(2)3;2*1-3-2;2-1-3;1-2/h1-3H3;2*3H,1-2H3;1H2;2H2,1H3/i;;;1T;. The Morgan fingerprint density at radius 3 is 1.13 bits per heavy atom. The van der Waals surface area contributed by atoms with Gasteiger partial charge in [0.05, 0.1) is 1.37 Å². The number of nitrogens with two attached hydrogens (primary N) is 1. The smallest absolute Gasteiger partial charge is 0.111 e. The van der Waals surface area contributed by atoms with Crippen LogP contribution in [0.15, 0.2) is 0 Å². The van der Waals surface area contributed by atoms with Crippen molar-refractivity contribution in [3.63, 3.8) is 0 Å². The molecule has 0 amide bonds. The Labute approximate surface area is 98.6 Å². The highest BCUT2D eigenvalue weighted by Crippen LogP contribution is 1.47. The predicted octanol–water partition coefficient (Wildman–Crippen LogP) is -0.494. The molecule has 1 atom stereocenters. The zero-order chi connectivity index (χ0) is 14.6. The topological polar surface area (TPSA) is 53.3 Å². The van der Waals surface area contributed by atoms with Gasteiger partial charge in [0, 0.05) is 6.55 Å². The molecule has 0 aromatic carbocycles. The molecule has 4 nitrogen and oxygen atoms in total. The third-order valence-corrected chi connectivity index (χ3v) is 0. The molecule has 0 aliphatic carbocycles. The highest BCUT2D eigenvalue weighted by molar-refractivity contribution is 6.07. The summed E-state index contributed by atoms with van der Waals surface area (Å²) in [5.41, 5.74) is 4.50. The van der Waals surface area contributed by atoms with E-state index in [9.17, 15) is 4.39 Å². The van der Waals surface area contributed by atoms with E-state index in [1.54, 1.807) is 0 Å². The maximum absolute atomic E-state index is 10.4. The quantitative estimate of drug-likeness (QED) is 0.488. The Bertz CT molecular complexity index is 58.0. The van der Waals surface area contributed by atoms with Crippen LogP contribution in [0.2, 0.25) is 0 Å². The second-order valence-electron chi connectivity index (χ2n) is 2.47. The van der Waals surface area contributed by atoms with Gasteiger partial charge in [-0.3, -0.25) is 4.39 Å². The number of rotatable bonds is 0. The molecule has 0 saturated heterocycles. The van der Waals surface area contributed by atoms with Crippen LogP contribution < -0.4 is 16.4 Å². The molecule has 0 aromatic rings. The lowest BCUT2D eigenvalue weighted by Gasteiger charge is -1.90. The first kappa shape index (κ1) is 24.2. The maximum Gasteiger partial charge on any atom is 0.111 e. The fourth-order valence-electron chi connectivity index (χ4n) is 0. The Balaban J connectivity index is -0.0000000322. The average Bonchev–Trinajstić information content (AvgIpc) is 2.07. The van der Waals surface area contributed by atoms with Gasteiger partial charge in [-0.2, -0.15) is 0 Å². The first-order valence-corrected chi connectivity index (χ1v) is 4.47. The van der Waals surface area contributed by atoms with E-state index in [0.29, 0.717) is 0 Å². The van der Waals surface area contributed by atoms with Crippen LogP contribution in [0, 0.1) is 0 Å². The Kier molecular flexibility index (Phi) is 108. The van der Waals surface area contributed by atoms with Gasteiger partial charge in [0.1, 0.15) is 7.85 Å². The fourth-order valence-corrected chi connectivity index (χ4v) is 0. The number of halogens is 1. The molecule has 0 saturated carbocycles. The lowest BCUT2D eigenvalue weighted by Crippen LogP contribution is -1.99. The minimum absolute atomic E-state index is 1.50. The second-order valence-corrected chi connectivity index (χ2v) is 2.47. The van der Waals surface area contributed by atoms with Crippen molar-refractivity contribution in [3.8, 4) is 0 Å². The first-order valence-electron chi connectivity index (χ1n) is 5.05. The third-order valence-electron chi connectivity index (χ3n) is 0. The maximum atomic E-state index is 10.4. The minimum atomic E-state index is -1.92. The van der Waals surface area contributed by atoms with Gasteiger partial charge in [-0.15, -0.1) is 0 Å². The molecule has 1 unspecified atom stereocenters. The summed E-state index contributed by atoms with van der Waals surface area (Å²) >= 11 is 0. The summed E-state index contributed by atoms with van der Waals surface area (Å²) in [7, 11) is 19.1. The summed E-state index contributed by atoms with van der Waals surface area (Å²) in [5.74, 6) is 0. The van der Waals surface area contributed by atoms with E-state index >= 15 is 0 Å². The lowest BCUT2D eigenvalue weighted by molar-refractivity contribution is 0.505. The lowest BCUT2D eigenvalue weighted by atomic mass is 10.2. The molecule has 2 radical (unpaired) electrons. The summed E-state index contributed by atoms with van der Waals surface area (Å²) in [5, 5.41) is 5.50. The van der Waals surface area contributed by atoms with Gasteiger partial charge in [0.25, 0.3) is 0 Å². The van der Waals surface area contributed by atoms with Gasteiger partial charge in [-0.1, -0.05) is 0 Å². The van der Waals surface area contributed by atoms with Crippen molar-refractivity contribution in [2.45, 2.75) is 0 Å². The van der Waals surface area contributed by atoms with Gasteiger partial charge in [-0.25, -0.2) is 0 Å². The van der Waals surface area contributed by atoms with Gasteiger partial charge >= 0.3 is 0 Å². The summed E-state index contributed by atoms with van der Waals surface area (Å²) in [6.45, 7) is -1.92. The largest absolute Gasteiger partial charge is 0.333 e. The fraction of sp³-hybridized carbons (Fsp3) is 1.00.